The van der Waals surface area contributed by atoms with Gasteiger partial charge >= 0.3 is 0 Å². The monoisotopic (exact) mass is 672 g/mol. The summed E-state index contributed by atoms with van der Waals surface area (Å²) in [7, 11) is 1.93. The molecule has 11 heteroatoms. The predicted octanol–water partition coefficient (Wildman–Crippen LogP) is 6.43. The molecule has 0 saturated carbocycles. The van der Waals surface area contributed by atoms with Crippen LogP contribution in [0.1, 0.15) is 52.1 Å². The zero-order chi connectivity index (χ0) is 33.7. The zero-order valence-electron chi connectivity index (χ0n) is 27.1. The van der Waals surface area contributed by atoms with E-state index >= 15 is 0 Å². The second-order valence-electron chi connectivity index (χ2n) is 12.1. The summed E-state index contributed by atoms with van der Waals surface area (Å²) >= 11 is 1.61. The van der Waals surface area contributed by atoms with Crippen molar-refractivity contribution in [1.82, 2.24) is 30.0 Å². The van der Waals surface area contributed by atoms with Crippen molar-refractivity contribution < 1.29 is 19.4 Å². The number of thioether (sulfide) groups is 1. The fourth-order valence-corrected chi connectivity index (χ4v) is 7.03. The van der Waals surface area contributed by atoms with Crippen LogP contribution in [0.15, 0.2) is 115 Å². The number of carbonyl (C=O) groups excluding carboxylic acids is 1. The highest BCUT2D eigenvalue weighted by molar-refractivity contribution is 7.99. The summed E-state index contributed by atoms with van der Waals surface area (Å²) in [4.78, 5) is 21.9. The second kappa shape index (κ2) is 14.7. The van der Waals surface area contributed by atoms with Gasteiger partial charge in [-0.2, -0.15) is 0 Å². The smallest absolute Gasteiger partial charge is 0.271 e. The number of aromatic nitrogens is 5. The Kier molecular flexibility index (Phi) is 9.76. The normalized spacial score (nSPS) is 19.2. The Morgan fingerprint density at radius 2 is 1.65 bits per heavy atom. The molecular weight excluding hydrogens is 637 g/mol. The molecule has 10 nitrogen and oxygen atoms in total. The molecule has 0 bridgehead atoms. The van der Waals surface area contributed by atoms with E-state index in [1.54, 1.807) is 18.1 Å². The first-order chi connectivity index (χ1) is 24.0. The van der Waals surface area contributed by atoms with Gasteiger partial charge in [-0.05, 0) is 39.9 Å². The molecule has 0 radical (unpaired) electrons. The Hall–Kier alpha value is -4.94. The number of nitrogens with zero attached hydrogens (tertiary/aromatic N) is 5. The highest BCUT2D eigenvalue weighted by Gasteiger charge is 2.38. The highest BCUT2D eigenvalue weighted by Crippen LogP contribution is 2.43. The molecule has 49 heavy (non-hydrogen) atoms. The number of hydrogen-bond donors (Lipinski definition) is 2. The van der Waals surface area contributed by atoms with Gasteiger partial charge in [0.25, 0.3) is 5.91 Å². The van der Waals surface area contributed by atoms with Gasteiger partial charge in [0.05, 0.1) is 36.0 Å². The van der Waals surface area contributed by atoms with Crippen LogP contribution >= 0.6 is 11.8 Å². The number of hydrogen-bond acceptors (Lipinski definition) is 9. The van der Waals surface area contributed by atoms with E-state index in [-0.39, 0.29) is 36.3 Å². The zero-order valence-corrected chi connectivity index (χ0v) is 28.0. The fraction of sp³-hybridized carbons (Fsp3) is 0.237. The van der Waals surface area contributed by atoms with Crippen LogP contribution in [0, 0.1) is 5.92 Å². The summed E-state index contributed by atoms with van der Waals surface area (Å²) in [6.07, 6.45) is 2.27. The lowest BCUT2D eigenvalue weighted by Crippen LogP contribution is -2.38. The largest absolute Gasteiger partial charge is 0.392 e. The number of carbonyl (C=O) groups is 1. The van der Waals surface area contributed by atoms with Crippen molar-refractivity contribution in [2.75, 3.05) is 5.75 Å². The number of aryl methyl sites for hydroxylation is 1. The maximum Gasteiger partial charge on any atom is 0.271 e. The van der Waals surface area contributed by atoms with Gasteiger partial charge in [-0.3, -0.25) is 9.78 Å². The summed E-state index contributed by atoms with van der Waals surface area (Å²) in [5, 5.41) is 21.6. The Morgan fingerprint density at radius 1 is 0.918 bits per heavy atom. The van der Waals surface area contributed by atoms with E-state index in [2.05, 4.69) is 44.5 Å². The lowest BCUT2D eigenvalue weighted by Gasteiger charge is -2.41. The average molecular weight is 673 g/mol. The van der Waals surface area contributed by atoms with Crippen LogP contribution in [-0.4, -0.2) is 47.6 Å². The Bertz CT molecular complexity index is 2050. The number of ether oxygens (including phenoxy) is 2. The fourth-order valence-electron chi connectivity index (χ4n) is 5.98. The quantitative estimate of drug-likeness (QED) is 0.158. The number of aliphatic hydroxyl groups is 1. The molecule has 1 amide bonds. The maximum absolute atomic E-state index is 13.0. The van der Waals surface area contributed by atoms with Crippen molar-refractivity contribution in [2.24, 2.45) is 13.0 Å². The SMILES string of the molecule is C[C@@H]1[C@H](CSc2nncn2C)O[C@H](c2ccc(-c3ccccc3CNC(=O)c3cnc4ccccc4n3)cc2)O[C@@H]1c1ccc(CO)cc1. The van der Waals surface area contributed by atoms with Gasteiger partial charge in [-0.15, -0.1) is 10.2 Å². The van der Waals surface area contributed by atoms with Gasteiger partial charge in [0.2, 0.25) is 0 Å². The van der Waals surface area contributed by atoms with Gasteiger partial charge in [-0.25, -0.2) is 4.98 Å². The summed E-state index contributed by atoms with van der Waals surface area (Å²) in [5.41, 5.74) is 7.49. The van der Waals surface area contributed by atoms with Gasteiger partial charge < -0.3 is 24.5 Å². The van der Waals surface area contributed by atoms with Crippen molar-refractivity contribution in [3.63, 3.8) is 0 Å². The van der Waals surface area contributed by atoms with E-state index in [4.69, 9.17) is 9.47 Å². The average Bonchev–Trinajstić information content (AvgIpc) is 3.57. The highest BCUT2D eigenvalue weighted by atomic mass is 32.2. The van der Waals surface area contributed by atoms with Crippen molar-refractivity contribution in [1.29, 1.82) is 0 Å². The van der Waals surface area contributed by atoms with Crippen molar-refractivity contribution >= 4 is 28.7 Å². The summed E-state index contributed by atoms with van der Waals surface area (Å²) in [6.45, 7) is 2.47. The summed E-state index contributed by atoms with van der Waals surface area (Å²) in [6, 6.07) is 31.6. The topological polar surface area (TPSA) is 124 Å². The lowest BCUT2D eigenvalue weighted by atomic mass is 9.91. The third-order valence-electron chi connectivity index (χ3n) is 8.80. The van der Waals surface area contributed by atoms with Crippen LogP contribution in [0.3, 0.4) is 0 Å². The molecule has 1 aliphatic heterocycles. The van der Waals surface area contributed by atoms with Crippen LogP contribution in [0.4, 0.5) is 0 Å². The molecule has 2 aromatic heterocycles. The number of para-hydroxylation sites is 2. The number of benzene rings is 4. The second-order valence-corrected chi connectivity index (χ2v) is 13.1. The van der Waals surface area contributed by atoms with Crippen LogP contribution < -0.4 is 5.32 Å². The first-order valence-electron chi connectivity index (χ1n) is 16.1. The molecule has 248 valence electrons. The molecule has 0 aliphatic carbocycles. The molecule has 6 aromatic rings. The van der Waals surface area contributed by atoms with Crippen molar-refractivity contribution in [2.45, 2.75) is 43.7 Å². The first kappa shape index (κ1) is 32.6. The van der Waals surface area contributed by atoms with Crippen LogP contribution in [-0.2, 0) is 29.7 Å². The molecule has 1 fully saturated rings. The minimum Gasteiger partial charge on any atom is -0.392 e. The number of fused-ring (bicyclic) bond motifs is 1. The third-order valence-corrected chi connectivity index (χ3v) is 9.92. The molecule has 1 saturated heterocycles. The molecule has 0 spiro atoms. The first-order valence-corrected chi connectivity index (χ1v) is 17.1. The van der Waals surface area contributed by atoms with Crippen LogP contribution in [0.2, 0.25) is 0 Å². The summed E-state index contributed by atoms with van der Waals surface area (Å²) < 4.78 is 15.2. The Morgan fingerprint density at radius 3 is 2.41 bits per heavy atom. The molecular formula is C38H36N6O4S. The number of rotatable bonds is 10. The minimum atomic E-state index is -0.588. The standard InChI is InChI=1S/C38H36N6O4S/c1-24-34(22-49-38-43-41-23-44(38)2)47-37(48-35(24)27-13-11-25(21-45)12-14-27)28-17-15-26(16-18-28)30-8-4-3-7-29(30)19-40-36(46)33-20-39-31-9-5-6-10-32(31)42-33/h3-18,20,23-24,34-35,37,45H,19,21-22H2,1-2H3,(H,40,46)/t24-,34+,35+,37+/m1/s1. The van der Waals surface area contributed by atoms with Gasteiger partial charge in [-0.1, -0.05) is 104 Å². The predicted molar refractivity (Wildman–Crippen MR) is 187 cm³/mol. The molecule has 7 rings (SSSR count). The number of amides is 1. The van der Waals surface area contributed by atoms with E-state index in [1.807, 2.05) is 96.5 Å². The van der Waals surface area contributed by atoms with Gasteiger partial charge in [0, 0.05) is 30.8 Å². The third kappa shape index (κ3) is 7.25. The van der Waals surface area contributed by atoms with E-state index in [9.17, 15) is 9.90 Å². The maximum atomic E-state index is 13.0. The van der Waals surface area contributed by atoms with E-state index in [0.717, 1.165) is 44.1 Å². The van der Waals surface area contributed by atoms with Crippen molar-refractivity contribution in [3.8, 4) is 11.1 Å². The van der Waals surface area contributed by atoms with E-state index < -0.39 is 6.29 Å². The summed E-state index contributed by atoms with van der Waals surface area (Å²) in [5.74, 6) is 0.455. The Balaban J connectivity index is 1.09. The Labute approximate surface area is 288 Å². The van der Waals surface area contributed by atoms with Crippen LogP contribution in [0.5, 0.6) is 0 Å². The molecule has 2 N–H and O–H groups in total. The number of aliphatic hydroxyl groups excluding tert-OH is 1. The van der Waals surface area contributed by atoms with Crippen LogP contribution in [0.25, 0.3) is 22.2 Å². The molecule has 0 unspecified atom stereocenters. The lowest BCUT2D eigenvalue weighted by molar-refractivity contribution is -0.268. The van der Waals surface area contributed by atoms with Gasteiger partial charge in [0.1, 0.15) is 12.0 Å². The molecule has 4 aromatic carbocycles. The molecule has 4 atom stereocenters. The van der Waals surface area contributed by atoms with Crippen molar-refractivity contribution in [3.05, 3.63) is 138 Å². The number of nitrogens with one attached hydrogen (secondary N) is 1. The van der Waals surface area contributed by atoms with Gasteiger partial charge in [0.15, 0.2) is 11.4 Å². The molecule has 3 heterocycles. The minimum absolute atomic E-state index is 0.00888. The van der Waals surface area contributed by atoms with E-state index in [1.165, 1.54) is 6.20 Å². The van der Waals surface area contributed by atoms with E-state index in [0.29, 0.717) is 17.8 Å². The molecule has 1 aliphatic rings.